The minimum absolute atomic E-state index is 0.0690. The monoisotopic (exact) mass is 253 g/mol. The molecular weight excluding hydrogens is 222 g/mol. The van der Waals surface area contributed by atoms with Crippen LogP contribution in [-0.2, 0) is 0 Å². The van der Waals surface area contributed by atoms with Crippen molar-refractivity contribution in [3.63, 3.8) is 0 Å². The molecule has 0 saturated heterocycles. The zero-order chi connectivity index (χ0) is 13.5. The fraction of sp³-hybridized carbons (Fsp3) is 0.875. The van der Waals surface area contributed by atoms with Crippen LogP contribution in [0.5, 0.6) is 0 Å². The molecule has 2 heteroatoms. The van der Waals surface area contributed by atoms with Crippen LogP contribution in [0.4, 0.5) is 0 Å². The zero-order valence-electron chi connectivity index (χ0n) is 12.1. The van der Waals surface area contributed by atoms with E-state index in [0.717, 1.165) is 18.8 Å². The number of rotatable bonds is 7. The van der Waals surface area contributed by atoms with E-state index in [2.05, 4.69) is 20.4 Å². The highest BCUT2D eigenvalue weighted by Crippen LogP contribution is 2.30. The van der Waals surface area contributed by atoms with Crippen molar-refractivity contribution in [3.05, 3.63) is 12.7 Å². The quantitative estimate of drug-likeness (QED) is 0.682. The summed E-state index contributed by atoms with van der Waals surface area (Å²) < 4.78 is 0. The highest BCUT2D eigenvalue weighted by molar-refractivity contribution is 4.87. The van der Waals surface area contributed by atoms with Gasteiger partial charge in [-0.15, -0.1) is 6.58 Å². The van der Waals surface area contributed by atoms with Crippen LogP contribution in [0.2, 0.25) is 0 Å². The second-order valence-corrected chi connectivity index (χ2v) is 6.33. The fourth-order valence-electron chi connectivity index (χ4n) is 3.26. The molecule has 106 valence electrons. The van der Waals surface area contributed by atoms with E-state index in [1.54, 1.807) is 0 Å². The highest BCUT2D eigenvalue weighted by Gasteiger charge is 2.28. The molecule has 0 heterocycles. The first-order valence-electron chi connectivity index (χ1n) is 7.60. The Kier molecular flexibility index (Phi) is 6.95. The minimum atomic E-state index is -0.384. The van der Waals surface area contributed by atoms with Gasteiger partial charge in [0.1, 0.15) is 0 Å². The van der Waals surface area contributed by atoms with Gasteiger partial charge in [-0.3, -0.25) is 0 Å². The van der Waals surface area contributed by atoms with Crippen LogP contribution >= 0.6 is 0 Å². The van der Waals surface area contributed by atoms with Gasteiger partial charge in [-0.2, -0.15) is 0 Å². The van der Waals surface area contributed by atoms with Gasteiger partial charge in [0.15, 0.2) is 0 Å². The van der Waals surface area contributed by atoms with Crippen LogP contribution in [-0.4, -0.2) is 17.3 Å². The lowest BCUT2D eigenvalue weighted by Gasteiger charge is -2.32. The third-order valence-corrected chi connectivity index (χ3v) is 4.50. The van der Waals surface area contributed by atoms with Gasteiger partial charge in [0.25, 0.3) is 0 Å². The van der Waals surface area contributed by atoms with Crippen molar-refractivity contribution in [1.82, 2.24) is 0 Å². The van der Waals surface area contributed by atoms with E-state index in [1.165, 1.54) is 32.1 Å². The summed E-state index contributed by atoms with van der Waals surface area (Å²) in [7, 11) is 0. The number of allylic oxidation sites excluding steroid dienone is 1. The van der Waals surface area contributed by atoms with Gasteiger partial charge < -0.3 is 10.8 Å². The maximum Gasteiger partial charge on any atom is 0.0724 e. The third kappa shape index (κ3) is 4.74. The van der Waals surface area contributed by atoms with Crippen molar-refractivity contribution in [1.29, 1.82) is 0 Å². The number of aliphatic hydroxyl groups excluding tert-OH is 1. The lowest BCUT2D eigenvalue weighted by Crippen LogP contribution is -2.43. The van der Waals surface area contributed by atoms with Crippen LogP contribution in [0, 0.1) is 17.8 Å². The molecule has 0 spiro atoms. The maximum absolute atomic E-state index is 10.4. The zero-order valence-corrected chi connectivity index (χ0v) is 12.1. The number of nitrogens with two attached hydrogens (primary N) is 1. The molecule has 0 aromatic heterocycles. The number of hydrogen-bond donors (Lipinski definition) is 2. The average Bonchev–Trinajstić information content (AvgIpc) is 2.36. The Morgan fingerprint density at radius 2 is 1.89 bits per heavy atom. The Bertz CT molecular complexity index is 233. The fourth-order valence-corrected chi connectivity index (χ4v) is 3.26. The maximum atomic E-state index is 10.4. The van der Waals surface area contributed by atoms with E-state index in [-0.39, 0.29) is 18.1 Å². The molecular formula is C16H31NO. The second kappa shape index (κ2) is 7.96. The van der Waals surface area contributed by atoms with Crippen LogP contribution in [0.15, 0.2) is 12.7 Å². The van der Waals surface area contributed by atoms with Gasteiger partial charge in [0.05, 0.1) is 6.10 Å². The van der Waals surface area contributed by atoms with Crippen LogP contribution in [0.1, 0.15) is 58.8 Å². The van der Waals surface area contributed by atoms with Gasteiger partial charge in [-0.1, -0.05) is 52.0 Å². The molecule has 2 nitrogen and oxygen atoms in total. The summed E-state index contributed by atoms with van der Waals surface area (Å²) in [5.74, 6) is 1.44. The van der Waals surface area contributed by atoms with Crippen molar-refractivity contribution < 1.29 is 5.11 Å². The Balaban J connectivity index is 2.46. The van der Waals surface area contributed by atoms with Crippen LogP contribution in [0.25, 0.3) is 0 Å². The molecule has 1 aliphatic rings. The molecule has 0 aliphatic heterocycles. The second-order valence-electron chi connectivity index (χ2n) is 6.33. The normalized spacial score (nSPS) is 22.7. The van der Waals surface area contributed by atoms with E-state index in [0.29, 0.717) is 5.92 Å². The molecule has 3 atom stereocenters. The lowest BCUT2D eigenvalue weighted by molar-refractivity contribution is 0.0501. The van der Waals surface area contributed by atoms with Crippen molar-refractivity contribution in [3.8, 4) is 0 Å². The highest BCUT2D eigenvalue weighted by atomic mass is 16.3. The lowest BCUT2D eigenvalue weighted by atomic mass is 9.79. The predicted molar refractivity (Wildman–Crippen MR) is 78.3 cm³/mol. The van der Waals surface area contributed by atoms with E-state index in [4.69, 9.17) is 5.73 Å². The Labute approximate surface area is 113 Å². The Morgan fingerprint density at radius 1 is 1.28 bits per heavy atom. The third-order valence-electron chi connectivity index (χ3n) is 4.50. The molecule has 0 aromatic carbocycles. The van der Waals surface area contributed by atoms with Gasteiger partial charge in [-0.05, 0) is 30.6 Å². The van der Waals surface area contributed by atoms with Crippen LogP contribution in [0.3, 0.4) is 0 Å². The van der Waals surface area contributed by atoms with Crippen molar-refractivity contribution in [2.24, 2.45) is 23.5 Å². The molecule has 3 N–H and O–H groups in total. The molecule has 0 amide bonds. The first-order chi connectivity index (χ1) is 8.56. The molecule has 3 unspecified atom stereocenters. The standard InChI is InChI=1S/C16H31NO/c1-4-8-14(12(2)3)16(18)15(17)11-13-9-6-5-7-10-13/h4,12-16,18H,1,5-11,17H2,2-3H3. The summed E-state index contributed by atoms with van der Waals surface area (Å²) in [5.41, 5.74) is 6.23. The van der Waals surface area contributed by atoms with Gasteiger partial charge in [-0.25, -0.2) is 0 Å². The summed E-state index contributed by atoms with van der Waals surface area (Å²) in [6.07, 6.45) is 10.0. The van der Waals surface area contributed by atoms with E-state index < -0.39 is 0 Å². The van der Waals surface area contributed by atoms with Gasteiger partial charge in [0, 0.05) is 6.04 Å². The van der Waals surface area contributed by atoms with Crippen molar-refractivity contribution in [2.75, 3.05) is 0 Å². The van der Waals surface area contributed by atoms with E-state index in [9.17, 15) is 5.11 Å². The van der Waals surface area contributed by atoms with Crippen molar-refractivity contribution in [2.45, 2.75) is 70.9 Å². The number of aliphatic hydroxyl groups is 1. The molecule has 0 aromatic rings. The summed E-state index contributed by atoms with van der Waals surface area (Å²) in [4.78, 5) is 0. The van der Waals surface area contributed by atoms with E-state index in [1.807, 2.05) is 6.08 Å². The minimum Gasteiger partial charge on any atom is -0.391 e. The van der Waals surface area contributed by atoms with Gasteiger partial charge in [0.2, 0.25) is 0 Å². The Hall–Kier alpha value is -0.340. The SMILES string of the molecule is C=CCC(C(C)C)C(O)C(N)CC1CCCCC1. The molecule has 0 radical (unpaired) electrons. The first kappa shape index (κ1) is 15.7. The summed E-state index contributed by atoms with van der Waals surface area (Å²) in [6.45, 7) is 8.10. The topological polar surface area (TPSA) is 46.2 Å². The average molecular weight is 253 g/mol. The summed E-state index contributed by atoms with van der Waals surface area (Å²) >= 11 is 0. The largest absolute Gasteiger partial charge is 0.391 e. The first-order valence-corrected chi connectivity index (χ1v) is 7.60. The smallest absolute Gasteiger partial charge is 0.0724 e. The molecule has 1 aliphatic carbocycles. The number of hydrogen-bond acceptors (Lipinski definition) is 2. The predicted octanol–water partition coefficient (Wildman–Crippen LogP) is 3.49. The molecule has 1 fully saturated rings. The molecule has 1 rings (SSSR count). The van der Waals surface area contributed by atoms with Crippen LogP contribution < -0.4 is 5.73 Å². The molecule has 0 bridgehead atoms. The van der Waals surface area contributed by atoms with E-state index >= 15 is 0 Å². The Morgan fingerprint density at radius 3 is 2.39 bits per heavy atom. The van der Waals surface area contributed by atoms with Gasteiger partial charge >= 0.3 is 0 Å². The van der Waals surface area contributed by atoms with Crippen molar-refractivity contribution >= 4 is 0 Å². The molecule has 1 saturated carbocycles. The summed E-state index contributed by atoms with van der Waals surface area (Å²) in [5, 5.41) is 10.4. The molecule has 18 heavy (non-hydrogen) atoms. The summed E-state index contributed by atoms with van der Waals surface area (Å²) in [6, 6.07) is -0.0690.